The maximum atomic E-state index is 11.8. The molecule has 11 aromatic rings. The number of allylic oxidation sites excluding steroid dienone is 13. The van der Waals surface area contributed by atoms with Gasteiger partial charge in [0.1, 0.15) is 41.3 Å². The minimum Gasteiger partial charge on any atom is -0.665 e. The molecule has 665 valence electrons. The molecule has 0 saturated heterocycles. The Morgan fingerprint density at radius 2 is 0.916 bits per heavy atom. The molecule has 21 heteroatoms. The average molecular weight is 2180 g/mol. The van der Waals surface area contributed by atoms with E-state index in [-0.39, 0.29) is 165 Å². The summed E-state index contributed by atoms with van der Waals surface area (Å²) < 4.78 is 41.6. The summed E-state index contributed by atoms with van der Waals surface area (Å²) in [6.07, 6.45) is 42.1. The zero-order valence-electron chi connectivity index (χ0n) is 73.3. The zero-order chi connectivity index (χ0) is 89.9. The molecule has 0 aliphatic carbocycles. The number of hydrogen-bond donors (Lipinski definition) is 6. The molecule has 10 aromatic carbocycles. The van der Waals surface area contributed by atoms with E-state index in [0.29, 0.717) is 27.5 Å². The quantitative estimate of drug-likeness (QED) is 0.0683. The number of benzene rings is 10. The van der Waals surface area contributed by atoms with E-state index in [4.69, 9.17) is 9.84 Å². The summed E-state index contributed by atoms with van der Waals surface area (Å²) in [6, 6.07) is 66.3. The van der Waals surface area contributed by atoms with Gasteiger partial charge >= 0.3 is 154 Å². The molecular formula is C110H100Eu3F3N7O7S. The Morgan fingerprint density at radius 1 is 0.473 bits per heavy atom. The van der Waals surface area contributed by atoms with E-state index in [2.05, 4.69) is 195 Å². The zero-order valence-corrected chi connectivity index (χ0v) is 81.4. The summed E-state index contributed by atoms with van der Waals surface area (Å²) in [5.41, 5.74) is 17.7. The molecule has 9 aliphatic heterocycles. The first kappa shape index (κ1) is 102. The first-order valence-electron chi connectivity index (χ1n) is 42.4. The topological polar surface area (TPSA) is 218 Å². The Bertz CT molecular complexity index is 6390. The third-order valence-electron chi connectivity index (χ3n) is 22.3. The summed E-state index contributed by atoms with van der Waals surface area (Å²) in [5.74, 6) is 0.345. The summed E-state index contributed by atoms with van der Waals surface area (Å²) in [6.45, 7) is 18.4. The predicted molar refractivity (Wildman–Crippen MR) is 524 cm³/mol. The first-order valence-corrected chi connectivity index (χ1v) is 43.3. The predicted octanol–water partition coefficient (Wildman–Crippen LogP) is 26.0. The first-order chi connectivity index (χ1) is 61.8. The average Bonchev–Trinajstić information content (AvgIpc) is 0.966. The molecule has 0 saturated carbocycles. The van der Waals surface area contributed by atoms with Crippen molar-refractivity contribution in [2.45, 2.75) is 97.6 Å². The van der Waals surface area contributed by atoms with E-state index in [9.17, 15) is 38.7 Å². The second-order valence-electron chi connectivity index (χ2n) is 33.0. The van der Waals surface area contributed by atoms with Crippen LogP contribution in [0, 0.1) is 154 Å². The maximum Gasteiger partial charge on any atom is 2.00 e. The summed E-state index contributed by atoms with van der Waals surface area (Å²) >= 11 is 1.11. The van der Waals surface area contributed by atoms with E-state index in [1.165, 1.54) is 64.7 Å². The molecule has 3 radical (unpaired) electrons. The molecule has 9 aliphatic rings. The van der Waals surface area contributed by atoms with Crippen LogP contribution in [0.5, 0.6) is 0 Å². The van der Waals surface area contributed by atoms with Gasteiger partial charge in [0.15, 0.2) is 5.76 Å². The molecule has 0 spiro atoms. The van der Waals surface area contributed by atoms with Crippen LogP contribution in [0.15, 0.2) is 350 Å². The van der Waals surface area contributed by atoms with Gasteiger partial charge in [-0.1, -0.05) is 295 Å². The Morgan fingerprint density at radius 3 is 1.37 bits per heavy atom. The number of ether oxygens (including phenoxy) is 1. The molecule has 3 unspecified atom stereocenters. The van der Waals surface area contributed by atoms with Crippen LogP contribution < -0.4 is 36.2 Å². The van der Waals surface area contributed by atoms with Gasteiger partial charge in [-0.15, -0.1) is 45.5 Å². The second kappa shape index (κ2) is 47.9. The van der Waals surface area contributed by atoms with Crippen LogP contribution in [0.2, 0.25) is 0 Å². The minimum absolute atomic E-state index is 0. The van der Waals surface area contributed by atoms with Gasteiger partial charge in [0.2, 0.25) is 0 Å². The Balaban J connectivity index is 0.000000150. The van der Waals surface area contributed by atoms with Crippen molar-refractivity contribution < 1.29 is 197 Å². The fraction of sp³-hybridized carbons (Fsp3) is 0.164. The van der Waals surface area contributed by atoms with Crippen molar-refractivity contribution in [1.29, 1.82) is 0 Å². The number of thiophene rings is 1. The standard InChI is InChI=1S/C28H37NO.C23H18O2.C15H14O2.3C12H8N2.C8H7F3O2S.3Eu/c1-8-23-15-21(19(2)3)16-24(30-23)10-9-20-13-22-17-27(4,5)18-29-12-11-28(6,7)25(14-20)26(22)29;24-22(20-11-9-16-5-1-3-7-18(16)13-20)15-23(25)21-12-10-17-6-2-4-8-19(17)14-21;16-14(12-7-3-1-4-8-12)11-15(17)13-9-5-2-6-10-13;3*1-3-9-5-6-10-4-2-8-14-12(10)11(9)13-7-1;9-8(10,11)7(13)4-5(12)6-2-1-3-14-6;;;/h9-10,13-16H,8,11-12,17-18H2,1-7H3;1-15,22,24-25H;1-11,14,16-17H;3*1-8H;1-5,12-13H;;;/q;;;3*-2;;3*+2/b10-9+;;;;;;;;;. The number of aliphatic hydroxyl groups is 6. The van der Waals surface area contributed by atoms with Gasteiger partial charge in [-0.05, 0) is 196 Å². The van der Waals surface area contributed by atoms with Gasteiger partial charge < -0.3 is 72.2 Å². The molecule has 0 amide bonds. The van der Waals surface area contributed by atoms with Gasteiger partial charge in [-0.2, -0.15) is 50.4 Å². The molecule has 0 bridgehead atoms. The number of rotatable bonds is 11. The van der Waals surface area contributed by atoms with Crippen LogP contribution in [0.1, 0.15) is 123 Å². The molecule has 0 fully saturated rings. The molecule has 10 heterocycles. The number of aliphatic hydroxyl groups excluding tert-OH is 6. The number of alkyl halides is 3. The van der Waals surface area contributed by atoms with E-state index in [1.54, 1.807) is 60.8 Å². The summed E-state index contributed by atoms with van der Waals surface area (Å²) in [7, 11) is 0. The summed E-state index contributed by atoms with van der Waals surface area (Å²) in [4.78, 5) is 2.99. The molecule has 6 N–H and O–H groups in total. The van der Waals surface area contributed by atoms with Gasteiger partial charge in [-0.3, -0.25) is 0 Å². The fourth-order valence-corrected chi connectivity index (χ4v) is 16.2. The molecule has 14 nitrogen and oxygen atoms in total. The van der Waals surface area contributed by atoms with Crippen molar-refractivity contribution in [3.05, 3.63) is 457 Å². The number of anilines is 1. The van der Waals surface area contributed by atoms with Crippen molar-refractivity contribution in [3.63, 3.8) is 0 Å². The third-order valence-corrected chi connectivity index (χ3v) is 23.2. The van der Waals surface area contributed by atoms with Crippen molar-refractivity contribution in [1.82, 2.24) is 0 Å². The van der Waals surface area contributed by atoms with Gasteiger partial charge in [0, 0.05) is 41.2 Å². The van der Waals surface area contributed by atoms with E-state index in [0.717, 1.165) is 140 Å². The molecule has 3 atom stereocenters. The molecule has 20 rings (SSSR count). The largest absolute Gasteiger partial charge is 2.00 e. The van der Waals surface area contributed by atoms with Crippen molar-refractivity contribution in [2.75, 3.05) is 18.0 Å². The van der Waals surface area contributed by atoms with Crippen molar-refractivity contribution in [3.8, 4) is 0 Å². The van der Waals surface area contributed by atoms with E-state index < -0.39 is 30.2 Å². The Kier molecular flexibility index (Phi) is 37.3. The van der Waals surface area contributed by atoms with Gasteiger partial charge in [0.25, 0.3) is 0 Å². The molecular weight excluding hydrogens is 2080 g/mol. The molecule has 1 aromatic heterocycles. The number of nitrogens with zero attached hydrogens (tertiary/aromatic N) is 7. The van der Waals surface area contributed by atoms with Crippen LogP contribution in [-0.2, 0) is 16.6 Å². The monoisotopic (exact) mass is 2180 g/mol. The van der Waals surface area contributed by atoms with Gasteiger partial charge in [-0.25, -0.2) is 0 Å². The third kappa shape index (κ3) is 27.2. The van der Waals surface area contributed by atoms with Crippen molar-refractivity contribution in [2.24, 2.45) is 5.41 Å². The van der Waals surface area contributed by atoms with Crippen LogP contribution in [0.4, 0.5) is 53.0 Å². The fourth-order valence-electron chi connectivity index (χ4n) is 15.6. The Hall–Kier alpha value is -9.52. The number of fused-ring (bicyclic) bond motifs is 11. The summed E-state index contributed by atoms with van der Waals surface area (Å²) in [5, 5.41) is 97.3. The maximum absolute atomic E-state index is 11.8. The van der Waals surface area contributed by atoms with Gasteiger partial charge in [0.05, 0.1) is 0 Å². The molecule has 131 heavy (non-hydrogen) atoms. The number of hydrogen-bond acceptors (Lipinski definition) is 9. The van der Waals surface area contributed by atoms with Crippen LogP contribution in [-0.4, -0.2) is 49.9 Å². The van der Waals surface area contributed by atoms with Crippen LogP contribution in [0.3, 0.4) is 0 Å². The van der Waals surface area contributed by atoms with E-state index >= 15 is 0 Å². The van der Waals surface area contributed by atoms with Crippen LogP contribution in [0.25, 0.3) is 107 Å². The normalized spacial score (nSPS) is 15.8. The van der Waals surface area contributed by atoms with E-state index in [1.807, 2.05) is 170 Å². The SMILES string of the molecule is C1=C[N-]c2c3c(ccc2=C1)=CC=C[N-]3.C1=C[N-]c2c3c(ccc2=C1)=CC=C[N-]3.C1=C[N-]c2c3c(ccc2=C1)=CC=C[N-]3.CCC1=CC(=C(C)C)C=C(/C=C/c2cc3c4c(c2)C(C)(C)CCN4CC(C)(C)C3)O1.OC(=CC(O)c1ccc2ccccc2c1)c1ccc2ccccc2c1.OC(=CC(O)c1ccccc1)c1ccccc1.OC(=CC(O)c1cccs1)C(F)(F)F.[Eu+2].[Eu+2].[Eu+2]. The second-order valence-corrected chi connectivity index (χ2v) is 33.9. The Labute approximate surface area is 890 Å². The smallest absolute Gasteiger partial charge is 0.665 e. The minimum atomic E-state index is -4.81. The van der Waals surface area contributed by atoms with Crippen molar-refractivity contribution >= 4 is 127 Å². The van der Waals surface area contributed by atoms with Crippen LogP contribution >= 0.6 is 11.3 Å². The number of halogens is 3.